The Bertz CT molecular complexity index is 464. The molecule has 0 atom stereocenters. The van der Waals surface area contributed by atoms with Gasteiger partial charge in [-0.15, -0.1) is 0 Å². The summed E-state index contributed by atoms with van der Waals surface area (Å²) in [6.07, 6.45) is -3.14. The molecule has 0 aliphatic carbocycles. The van der Waals surface area contributed by atoms with E-state index in [9.17, 15) is 22.4 Å². The highest BCUT2D eigenvalue weighted by Crippen LogP contribution is 2.27. The maximum Gasteiger partial charge on any atom is 0.454 e. The standard InChI is InChI=1S/C12H11F4NO/c13-9-5-8(11(18)12(14,15)16)6-10(7-9)17-3-1-2-4-17/h5-7H,1-4H2. The Kier molecular flexibility index (Phi) is 3.28. The van der Waals surface area contributed by atoms with E-state index in [1.165, 1.54) is 0 Å². The lowest BCUT2D eigenvalue weighted by Crippen LogP contribution is -2.24. The van der Waals surface area contributed by atoms with Crippen LogP contribution in [-0.2, 0) is 0 Å². The number of nitrogens with zero attached hydrogens (tertiary/aromatic N) is 1. The predicted molar refractivity (Wildman–Crippen MR) is 58.2 cm³/mol. The van der Waals surface area contributed by atoms with Crippen LogP contribution in [0.1, 0.15) is 23.2 Å². The van der Waals surface area contributed by atoms with Crippen molar-refractivity contribution in [2.75, 3.05) is 18.0 Å². The quantitative estimate of drug-likeness (QED) is 0.602. The first-order valence-corrected chi connectivity index (χ1v) is 5.55. The Morgan fingerprint density at radius 1 is 1.11 bits per heavy atom. The molecule has 0 N–H and O–H groups in total. The number of carbonyl (C=O) groups excluding carboxylic acids is 1. The number of hydrogen-bond acceptors (Lipinski definition) is 2. The minimum Gasteiger partial charge on any atom is -0.371 e. The summed E-state index contributed by atoms with van der Waals surface area (Å²) in [5.74, 6) is -2.84. The number of ketones is 1. The molecule has 1 aromatic rings. The summed E-state index contributed by atoms with van der Waals surface area (Å²) in [7, 11) is 0. The molecule has 6 heteroatoms. The van der Waals surface area contributed by atoms with Gasteiger partial charge in [-0.3, -0.25) is 4.79 Å². The monoisotopic (exact) mass is 261 g/mol. The molecule has 1 fully saturated rings. The van der Waals surface area contributed by atoms with E-state index >= 15 is 0 Å². The van der Waals surface area contributed by atoms with E-state index in [1.54, 1.807) is 4.90 Å². The van der Waals surface area contributed by atoms with E-state index in [0.717, 1.165) is 25.0 Å². The van der Waals surface area contributed by atoms with Gasteiger partial charge in [0.2, 0.25) is 0 Å². The molecular weight excluding hydrogens is 250 g/mol. The lowest BCUT2D eigenvalue weighted by molar-refractivity contribution is -0.0885. The zero-order chi connectivity index (χ0) is 13.3. The molecule has 2 rings (SSSR count). The second-order valence-electron chi connectivity index (χ2n) is 4.22. The summed E-state index contributed by atoms with van der Waals surface area (Å²) in [6.45, 7) is 1.34. The minimum absolute atomic E-state index is 0.333. The molecular formula is C12H11F4NO. The molecule has 0 unspecified atom stereocenters. The van der Waals surface area contributed by atoms with Gasteiger partial charge in [-0.05, 0) is 31.0 Å². The number of hydrogen-bond donors (Lipinski definition) is 0. The number of carbonyl (C=O) groups is 1. The van der Waals surface area contributed by atoms with Crippen LogP contribution in [0.15, 0.2) is 18.2 Å². The van der Waals surface area contributed by atoms with Gasteiger partial charge in [0.25, 0.3) is 5.78 Å². The van der Waals surface area contributed by atoms with Crippen molar-refractivity contribution in [1.29, 1.82) is 0 Å². The first-order valence-electron chi connectivity index (χ1n) is 5.55. The van der Waals surface area contributed by atoms with Gasteiger partial charge in [-0.25, -0.2) is 4.39 Å². The van der Waals surface area contributed by atoms with Gasteiger partial charge in [-0.1, -0.05) is 0 Å². The van der Waals surface area contributed by atoms with Gasteiger partial charge in [0.05, 0.1) is 0 Å². The summed E-state index contributed by atoms with van der Waals surface area (Å²) < 4.78 is 50.2. The van der Waals surface area contributed by atoms with Crippen molar-refractivity contribution in [2.45, 2.75) is 19.0 Å². The first-order chi connectivity index (χ1) is 8.38. The smallest absolute Gasteiger partial charge is 0.371 e. The Morgan fingerprint density at radius 3 is 2.28 bits per heavy atom. The van der Waals surface area contributed by atoms with Crippen LogP contribution >= 0.6 is 0 Å². The highest BCUT2D eigenvalue weighted by Gasteiger charge is 2.39. The molecule has 0 aromatic heterocycles. The average molecular weight is 261 g/mol. The highest BCUT2D eigenvalue weighted by molar-refractivity contribution is 6.01. The summed E-state index contributed by atoms with van der Waals surface area (Å²) in [4.78, 5) is 12.8. The second kappa shape index (κ2) is 4.59. The third-order valence-corrected chi connectivity index (χ3v) is 2.87. The molecule has 0 saturated carbocycles. The molecule has 1 saturated heterocycles. The molecule has 1 heterocycles. The zero-order valence-corrected chi connectivity index (χ0v) is 9.43. The normalized spacial score (nSPS) is 16.1. The molecule has 0 radical (unpaired) electrons. The van der Waals surface area contributed by atoms with Crippen LogP contribution < -0.4 is 4.90 Å². The van der Waals surface area contributed by atoms with Crippen LogP contribution in [0.3, 0.4) is 0 Å². The van der Waals surface area contributed by atoms with Gasteiger partial charge in [0.15, 0.2) is 0 Å². The Hall–Kier alpha value is -1.59. The molecule has 0 amide bonds. The van der Waals surface area contributed by atoms with Crippen molar-refractivity contribution in [1.82, 2.24) is 0 Å². The topological polar surface area (TPSA) is 20.3 Å². The summed E-state index contributed by atoms with van der Waals surface area (Å²) in [5.41, 5.74) is -0.315. The van der Waals surface area contributed by atoms with Crippen LogP contribution in [0.2, 0.25) is 0 Å². The maximum absolute atomic E-state index is 13.3. The Labute approximate surface area is 101 Å². The fraction of sp³-hybridized carbons (Fsp3) is 0.417. The largest absolute Gasteiger partial charge is 0.454 e. The Morgan fingerprint density at radius 2 is 1.72 bits per heavy atom. The van der Waals surface area contributed by atoms with Crippen LogP contribution in [0.5, 0.6) is 0 Å². The average Bonchev–Trinajstić information content (AvgIpc) is 2.79. The number of anilines is 1. The van der Waals surface area contributed by atoms with Crippen LogP contribution in [0.25, 0.3) is 0 Å². The van der Waals surface area contributed by atoms with Crippen molar-refractivity contribution >= 4 is 11.5 Å². The number of rotatable bonds is 2. The van der Waals surface area contributed by atoms with Gasteiger partial charge in [-0.2, -0.15) is 13.2 Å². The van der Waals surface area contributed by atoms with E-state index < -0.39 is 23.3 Å². The minimum atomic E-state index is -4.98. The zero-order valence-electron chi connectivity index (χ0n) is 9.43. The van der Waals surface area contributed by atoms with Gasteiger partial charge in [0.1, 0.15) is 5.82 Å². The van der Waals surface area contributed by atoms with Crippen molar-refractivity contribution in [2.24, 2.45) is 0 Å². The number of alkyl halides is 3. The molecule has 1 aromatic carbocycles. The molecule has 2 nitrogen and oxygen atoms in total. The number of halogens is 4. The summed E-state index contributed by atoms with van der Waals surface area (Å²) >= 11 is 0. The molecule has 1 aliphatic heterocycles. The SMILES string of the molecule is O=C(c1cc(F)cc(N2CCCC2)c1)C(F)(F)F. The van der Waals surface area contributed by atoms with E-state index in [2.05, 4.69) is 0 Å². The van der Waals surface area contributed by atoms with Gasteiger partial charge < -0.3 is 4.90 Å². The van der Waals surface area contributed by atoms with Gasteiger partial charge >= 0.3 is 6.18 Å². The Balaban J connectivity index is 2.34. The van der Waals surface area contributed by atoms with Crippen molar-refractivity contribution in [3.8, 4) is 0 Å². The van der Waals surface area contributed by atoms with E-state index in [-0.39, 0.29) is 0 Å². The molecule has 1 aliphatic rings. The van der Waals surface area contributed by atoms with Crippen LogP contribution in [0, 0.1) is 5.82 Å². The maximum atomic E-state index is 13.3. The van der Waals surface area contributed by atoms with E-state index in [0.29, 0.717) is 24.8 Å². The van der Waals surface area contributed by atoms with E-state index in [1.807, 2.05) is 0 Å². The lowest BCUT2D eigenvalue weighted by Gasteiger charge is -2.18. The number of benzene rings is 1. The third-order valence-electron chi connectivity index (χ3n) is 2.87. The second-order valence-corrected chi connectivity index (χ2v) is 4.22. The van der Waals surface area contributed by atoms with Gasteiger partial charge in [0, 0.05) is 24.3 Å². The lowest BCUT2D eigenvalue weighted by atomic mass is 10.1. The van der Waals surface area contributed by atoms with Crippen molar-refractivity contribution in [3.63, 3.8) is 0 Å². The van der Waals surface area contributed by atoms with Crippen LogP contribution in [-0.4, -0.2) is 25.0 Å². The fourth-order valence-electron chi connectivity index (χ4n) is 2.03. The summed E-state index contributed by atoms with van der Waals surface area (Å²) in [5, 5.41) is 0. The van der Waals surface area contributed by atoms with E-state index in [4.69, 9.17) is 0 Å². The predicted octanol–water partition coefficient (Wildman–Crippen LogP) is 3.17. The molecule has 0 spiro atoms. The first kappa shape index (κ1) is 12.9. The van der Waals surface area contributed by atoms with Crippen molar-refractivity contribution < 1.29 is 22.4 Å². The fourth-order valence-corrected chi connectivity index (χ4v) is 2.03. The molecule has 98 valence electrons. The third kappa shape index (κ3) is 2.63. The number of Topliss-reactive ketones (excluding diaryl/α,β-unsaturated/α-hetero) is 1. The molecule has 18 heavy (non-hydrogen) atoms. The summed E-state index contributed by atoms with van der Waals surface area (Å²) in [6, 6.07) is 2.87. The molecule has 0 bridgehead atoms. The highest BCUT2D eigenvalue weighted by atomic mass is 19.4. The van der Waals surface area contributed by atoms with Crippen LogP contribution in [0.4, 0.5) is 23.2 Å². The van der Waals surface area contributed by atoms with Crippen molar-refractivity contribution in [3.05, 3.63) is 29.6 Å².